The smallest absolute Gasteiger partial charge is 0.153 e. The maximum absolute atomic E-state index is 4.68. The second-order valence-corrected chi connectivity index (χ2v) is 5.71. The molecule has 0 spiro atoms. The third-order valence-corrected chi connectivity index (χ3v) is 3.26. The molecule has 0 amide bonds. The topological polar surface area (TPSA) is 42.7 Å². The van der Waals surface area contributed by atoms with E-state index in [1.165, 1.54) is 5.56 Å². The van der Waals surface area contributed by atoms with E-state index in [4.69, 9.17) is 0 Å². The monoisotopic (exact) mass is 322 g/mol. The number of nitrogens with one attached hydrogen (secondary N) is 1. The number of aromatic nitrogens is 3. The van der Waals surface area contributed by atoms with Gasteiger partial charge in [-0.25, -0.2) is 9.67 Å². The van der Waals surface area contributed by atoms with E-state index in [2.05, 4.69) is 64.2 Å². The van der Waals surface area contributed by atoms with Crippen LogP contribution in [-0.4, -0.2) is 21.3 Å². The molecule has 2 rings (SSSR count). The van der Waals surface area contributed by atoms with E-state index in [-0.39, 0.29) is 0 Å². The Bertz CT molecular complexity index is 548. The lowest BCUT2D eigenvalue weighted by molar-refractivity contribution is 0.714. The van der Waals surface area contributed by atoms with Crippen LogP contribution in [0.2, 0.25) is 0 Å². The fourth-order valence-corrected chi connectivity index (χ4v) is 2.09. The lowest BCUT2D eigenvalue weighted by Crippen LogP contribution is -2.13. The molecule has 0 fully saturated rings. The van der Waals surface area contributed by atoms with Crippen molar-refractivity contribution in [3.8, 4) is 5.82 Å². The van der Waals surface area contributed by atoms with Crippen molar-refractivity contribution in [2.45, 2.75) is 33.2 Å². The van der Waals surface area contributed by atoms with Crippen LogP contribution in [0.25, 0.3) is 5.82 Å². The first-order valence-corrected chi connectivity index (χ1v) is 7.31. The summed E-state index contributed by atoms with van der Waals surface area (Å²) in [6.45, 7) is 8.23. The normalized spacial score (nSPS) is 11.2. The van der Waals surface area contributed by atoms with Crippen molar-refractivity contribution >= 4 is 15.9 Å². The van der Waals surface area contributed by atoms with Gasteiger partial charge in [-0.15, -0.1) is 0 Å². The average Bonchev–Trinajstić information content (AvgIpc) is 2.82. The SMILES string of the molecule is CCNCc1cc(C(C)C)nc(-n2cc(Br)cn2)c1. The maximum atomic E-state index is 4.68. The lowest BCUT2D eigenvalue weighted by Gasteiger charge is -2.11. The van der Waals surface area contributed by atoms with Gasteiger partial charge in [-0.1, -0.05) is 20.8 Å². The van der Waals surface area contributed by atoms with Crippen LogP contribution in [0.5, 0.6) is 0 Å². The molecule has 0 unspecified atom stereocenters. The number of hydrogen-bond donors (Lipinski definition) is 1. The molecule has 0 aliphatic rings. The Balaban J connectivity index is 2.39. The minimum absolute atomic E-state index is 0.402. The van der Waals surface area contributed by atoms with Gasteiger partial charge in [0.25, 0.3) is 0 Å². The molecular formula is C14H19BrN4. The molecule has 2 heterocycles. The van der Waals surface area contributed by atoms with Gasteiger partial charge in [-0.05, 0) is 46.1 Å². The van der Waals surface area contributed by atoms with Crippen molar-refractivity contribution < 1.29 is 0 Å². The zero-order chi connectivity index (χ0) is 13.8. The Morgan fingerprint density at radius 3 is 2.74 bits per heavy atom. The molecule has 5 heteroatoms. The standard InChI is InChI=1S/C14H19BrN4/c1-4-16-7-11-5-13(10(2)3)18-14(6-11)19-9-12(15)8-17-19/h5-6,8-10,16H,4,7H2,1-3H3. The van der Waals surface area contributed by atoms with Crippen molar-refractivity contribution in [1.29, 1.82) is 0 Å². The van der Waals surface area contributed by atoms with E-state index in [1.54, 1.807) is 10.9 Å². The van der Waals surface area contributed by atoms with Crippen LogP contribution in [0.15, 0.2) is 29.0 Å². The molecule has 1 N–H and O–H groups in total. The van der Waals surface area contributed by atoms with Gasteiger partial charge in [-0.2, -0.15) is 5.10 Å². The van der Waals surface area contributed by atoms with Crippen LogP contribution in [0.4, 0.5) is 0 Å². The summed E-state index contributed by atoms with van der Waals surface area (Å²) in [5.41, 5.74) is 2.33. The highest BCUT2D eigenvalue weighted by Gasteiger charge is 2.08. The molecule has 0 aliphatic heterocycles. The first-order chi connectivity index (χ1) is 9.10. The Morgan fingerprint density at radius 2 is 2.16 bits per heavy atom. The molecule has 2 aromatic heterocycles. The molecule has 0 bridgehead atoms. The molecule has 0 aliphatic carbocycles. The van der Waals surface area contributed by atoms with Crippen LogP contribution < -0.4 is 5.32 Å². The zero-order valence-corrected chi connectivity index (χ0v) is 13.1. The van der Waals surface area contributed by atoms with Crippen LogP contribution >= 0.6 is 15.9 Å². The van der Waals surface area contributed by atoms with Gasteiger partial charge in [0.2, 0.25) is 0 Å². The minimum atomic E-state index is 0.402. The van der Waals surface area contributed by atoms with E-state index >= 15 is 0 Å². The number of hydrogen-bond acceptors (Lipinski definition) is 3. The van der Waals surface area contributed by atoms with Gasteiger partial charge < -0.3 is 5.32 Å². The van der Waals surface area contributed by atoms with E-state index in [1.807, 2.05) is 6.20 Å². The van der Waals surface area contributed by atoms with Crippen LogP contribution in [0.3, 0.4) is 0 Å². The molecule has 0 atom stereocenters. The van der Waals surface area contributed by atoms with E-state index < -0.39 is 0 Å². The van der Waals surface area contributed by atoms with Crippen molar-refractivity contribution in [2.75, 3.05) is 6.54 Å². The molecule has 0 aromatic carbocycles. The summed E-state index contributed by atoms with van der Waals surface area (Å²) in [7, 11) is 0. The highest BCUT2D eigenvalue weighted by atomic mass is 79.9. The van der Waals surface area contributed by atoms with Crippen molar-refractivity contribution in [3.63, 3.8) is 0 Å². The molecule has 0 saturated carbocycles. The number of halogens is 1. The highest BCUT2D eigenvalue weighted by molar-refractivity contribution is 9.10. The average molecular weight is 323 g/mol. The molecule has 0 saturated heterocycles. The minimum Gasteiger partial charge on any atom is -0.313 e. The third-order valence-electron chi connectivity index (χ3n) is 2.85. The Hall–Kier alpha value is -1.20. The van der Waals surface area contributed by atoms with Gasteiger partial charge in [0.15, 0.2) is 5.82 Å². The second kappa shape index (κ2) is 6.30. The van der Waals surface area contributed by atoms with Crippen LogP contribution in [0.1, 0.15) is 37.9 Å². The molecular weight excluding hydrogens is 304 g/mol. The molecule has 0 radical (unpaired) electrons. The number of pyridine rings is 1. The van der Waals surface area contributed by atoms with E-state index in [0.29, 0.717) is 5.92 Å². The van der Waals surface area contributed by atoms with Gasteiger partial charge in [0, 0.05) is 18.4 Å². The largest absolute Gasteiger partial charge is 0.313 e. The molecule has 4 nitrogen and oxygen atoms in total. The Morgan fingerprint density at radius 1 is 1.37 bits per heavy atom. The molecule has 102 valence electrons. The quantitative estimate of drug-likeness (QED) is 0.918. The summed E-state index contributed by atoms with van der Waals surface area (Å²) < 4.78 is 2.75. The van der Waals surface area contributed by atoms with E-state index in [9.17, 15) is 0 Å². The predicted octanol–water partition coefficient (Wildman–Crippen LogP) is 3.26. The first kappa shape index (κ1) is 14.2. The van der Waals surface area contributed by atoms with Crippen molar-refractivity contribution in [3.05, 3.63) is 40.3 Å². The maximum Gasteiger partial charge on any atom is 0.153 e. The molecule has 2 aromatic rings. The molecule has 19 heavy (non-hydrogen) atoms. The van der Waals surface area contributed by atoms with Crippen molar-refractivity contribution in [1.82, 2.24) is 20.1 Å². The second-order valence-electron chi connectivity index (χ2n) is 4.80. The summed E-state index contributed by atoms with van der Waals surface area (Å²) >= 11 is 3.41. The summed E-state index contributed by atoms with van der Waals surface area (Å²) in [4.78, 5) is 4.68. The fourth-order valence-electron chi connectivity index (χ4n) is 1.80. The summed E-state index contributed by atoms with van der Waals surface area (Å²) in [6.07, 6.45) is 3.69. The lowest BCUT2D eigenvalue weighted by atomic mass is 10.1. The summed E-state index contributed by atoms with van der Waals surface area (Å²) in [5.74, 6) is 1.27. The van der Waals surface area contributed by atoms with Gasteiger partial charge in [0.05, 0.1) is 10.7 Å². The van der Waals surface area contributed by atoms with E-state index in [0.717, 1.165) is 29.1 Å². The van der Waals surface area contributed by atoms with Gasteiger partial charge in [0.1, 0.15) is 0 Å². The summed E-state index contributed by atoms with van der Waals surface area (Å²) in [6, 6.07) is 4.24. The van der Waals surface area contributed by atoms with Crippen LogP contribution in [-0.2, 0) is 6.54 Å². The Labute approximate surface area is 122 Å². The zero-order valence-electron chi connectivity index (χ0n) is 11.5. The number of rotatable bonds is 5. The van der Waals surface area contributed by atoms with Gasteiger partial charge in [-0.3, -0.25) is 0 Å². The van der Waals surface area contributed by atoms with Crippen molar-refractivity contribution in [2.24, 2.45) is 0 Å². The van der Waals surface area contributed by atoms with Crippen LogP contribution in [0, 0.1) is 0 Å². The highest BCUT2D eigenvalue weighted by Crippen LogP contribution is 2.18. The first-order valence-electron chi connectivity index (χ1n) is 6.52. The predicted molar refractivity (Wildman–Crippen MR) is 80.5 cm³/mol. The fraction of sp³-hybridized carbons (Fsp3) is 0.429. The number of nitrogens with zero attached hydrogens (tertiary/aromatic N) is 3. The van der Waals surface area contributed by atoms with Gasteiger partial charge >= 0.3 is 0 Å². The Kier molecular flexibility index (Phi) is 4.71. The summed E-state index contributed by atoms with van der Waals surface area (Å²) in [5, 5.41) is 7.64. The third kappa shape index (κ3) is 3.64.